The molecule has 2 N–H and O–H groups in total. The van der Waals surface area contributed by atoms with Gasteiger partial charge in [0.15, 0.2) is 0 Å². The molecule has 0 aromatic heterocycles. The summed E-state index contributed by atoms with van der Waals surface area (Å²) < 4.78 is 71.9. The largest absolute Gasteiger partial charge is 0.405 e. The summed E-state index contributed by atoms with van der Waals surface area (Å²) in [5.41, 5.74) is 0. The molecule has 7 nitrogen and oxygen atoms in total. The van der Waals surface area contributed by atoms with Gasteiger partial charge in [0.05, 0.1) is 13.2 Å². The number of alkyl halides is 3. The first-order valence-electron chi connectivity index (χ1n) is 7.15. The monoisotopic (exact) mass is 382 g/mol. The van der Waals surface area contributed by atoms with Crippen molar-refractivity contribution >= 4 is 22.6 Å². The Hall–Kier alpha value is -0.170. The van der Waals surface area contributed by atoms with E-state index in [1.165, 1.54) is 4.90 Å². The summed E-state index contributed by atoms with van der Waals surface area (Å²) in [5, 5.41) is 2.98. The number of nitrogens with one attached hydrogen (secondary N) is 2. The van der Waals surface area contributed by atoms with Crippen molar-refractivity contribution in [2.24, 2.45) is 0 Å². The van der Waals surface area contributed by atoms with Crippen LogP contribution in [-0.4, -0.2) is 88.9 Å². The summed E-state index contributed by atoms with van der Waals surface area (Å²) in [6.07, 6.45) is -4.48. The quantitative estimate of drug-likeness (QED) is 0.665. The van der Waals surface area contributed by atoms with Crippen molar-refractivity contribution in [1.29, 1.82) is 0 Å². The SMILES string of the molecule is Cl.O=S(=O)(NCC(N1CCNCC1)C(F)(F)F)N1CCOCC1. The van der Waals surface area contributed by atoms with E-state index in [1.807, 2.05) is 0 Å². The van der Waals surface area contributed by atoms with Crippen molar-refractivity contribution in [2.75, 3.05) is 59.0 Å². The molecule has 0 radical (unpaired) electrons. The molecule has 1 atom stereocenters. The fraction of sp³-hybridized carbons (Fsp3) is 1.00. The lowest BCUT2D eigenvalue weighted by molar-refractivity contribution is -0.182. The van der Waals surface area contributed by atoms with Crippen molar-refractivity contribution in [1.82, 2.24) is 19.2 Å². The fourth-order valence-corrected chi connectivity index (χ4v) is 3.69. The number of piperazine rings is 1. The molecule has 0 spiro atoms. The second kappa shape index (κ2) is 8.79. The molecule has 2 rings (SSSR count). The molecule has 2 heterocycles. The molecule has 0 amide bonds. The first kappa shape index (κ1) is 20.9. The van der Waals surface area contributed by atoms with Crippen LogP contribution in [-0.2, 0) is 14.9 Å². The molecular weight excluding hydrogens is 361 g/mol. The molecule has 23 heavy (non-hydrogen) atoms. The summed E-state index contributed by atoms with van der Waals surface area (Å²) in [7, 11) is -3.92. The molecule has 2 fully saturated rings. The molecule has 0 aliphatic carbocycles. The number of nitrogens with zero attached hydrogens (tertiary/aromatic N) is 2. The second-order valence-corrected chi connectivity index (χ2v) is 6.96. The second-order valence-electron chi connectivity index (χ2n) is 5.21. The average Bonchev–Trinajstić information content (AvgIpc) is 2.48. The highest BCUT2D eigenvalue weighted by Crippen LogP contribution is 2.25. The Morgan fingerprint density at radius 2 is 1.70 bits per heavy atom. The van der Waals surface area contributed by atoms with Crippen LogP contribution in [0.1, 0.15) is 0 Å². The minimum Gasteiger partial charge on any atom is -0.379 e. The van der Waals surface area contributed by atoms with Gasteiger partial charge in [-0.3, -0.25) is 4.90 Å². The molecule has 2 aliphatic rings. The number of hydrogen-bond donors (Lipinski definition) is 2. The Labute approximate surface area is 140 Å². The minimum absolute atomic E-state index is 0. The fourth-order valence-electron chi connectivity index (χ4n) is 2.51. The third kappa shape index (κ3) is 6.00. The maximum atomic E-state index is 13.2. The summed E-state index contributed by atoms with van der Waals surface area (Å²) >= 11 is 0. The van der Waals surface area contributed by atoms with Crippen molar-refractivity contribution in [3.63, 3.8) is 0 Å². The first-order valence-corrected chi connectivity index (χ1v) is 8.59. The maximum Gasteiger partial charge on any atom is 0.405 e. The minimum atomic E-state index is -4.48. The topological polar surface area (TPSA) is 73.9 Å². The third-order valence-electron chi connectivity index (χ3n) is 3.74. The lowest BCUT2D eigenvalue weighted by Gasteiger charge is -2.36. The number of hydrogen-bond acceptors (Lipinski definition) is 5. The van der Waals surface area contributed by atoms with E-state index in [9.17, 15) is 21.6 Å². The molecule has 0 aromatic rings. The van der Waals surface area contributed by atoms with Gasteiger partial charge in [0.25, 0.3) is 10.2 Å². The average molecular weight is 383 g/mol. The van der Waals surface area contributed by atoms with E-state index in [4.69, 9.17) is 4.74 Å². The number of morpholine rings is 1. The Balaban J connectivity index is 0.00000264. The van der Waals surface area contributed by atoms with E-state index in [-0.39, 0.29) is 51.8 Å². The van der Waals surface area contributed by atoms with E-state index in [1.54, 1.807) is 0 Å². The molecule has 1 unspecified atom stereocenters. The zero-order valence-corrected chi connectivity index (χ0v) is 14.1. The Bertz CT molecular complexity index is 454. The van der Waals surface area contributed by atoms with Gasteiger partial charge in [-0.25, -0.2) is 4.72 Å². The Morgan fingerprint density at radius 1 is 1.13 bits per heavy atom. The predicted molar refractivity (Wildman–Crippen MR) is 80.8 cm³/mol. The molecule has 2 saturated heterocycles. The van der Waals surface area contributed by atoms with Crippen molar-refractivity contribution in [3.8, 4) is 0 Å². The van der Waals surface area contributed by atoms with Crippen molar-refractivity contribution in [3.05, 3.63) is 0 Å². The third-order valence-corrected chi connectivity index (χ3v) is 5.32. The van der Waals surface area contributed by atoms with Crippen LogP contribution >= 0.6 is 12.4 Å². The van der Waals surface area contributed by atoms with Crippen molar-refractivity contribution in [2.45, 2.75) is 12.2 Å². The van der Waals surface area contributed by atoms with E-state index in [2.05, 4.69) is 10.0 Å². The van der Waals surface area contributed by atoms with Gasteiger partial charge < -0.3 is 10.1 Å². The van der Waals surface area contributed by atoms with Gasteiger partial charge >= 0.3 is 6.18 Å². The van der Waals surface area contributed by atoms with Crippen molar-refractivity contribution < 1.29 is 26.3 Å². The van der Waals surface area contributed by atoms with Crippen LogP contribution in [0.25, 0.3) is 0 Å². The van der Waals surface area contributed by atoms with Crippen LogP contribution in [0, 0.1) is 0 Å². The highest BCUT2D eigenvalue weighted by atomic mass is 35.5. The molecular formula is C11H22ClF3N4O3S. The van der Waals surface area contributed by atoms with Gasteiger partial charge in [0, 0.05) is 45.8 Å². The molecule has 0 bridgehead atoms. The number of rotatable bonds is 5. The van der Waals surface area contributed by atoms with E-state index < -0.39 is 29.0 Å². The molecule has 2 aliphatic heterocycles. The molecule has 0 aromatic carbocycles. The van der Waals surface area contributed by atoms with Gasteiger partial charge in [-0.2, -0.15) is 25.9 Å². The van der Waals surface area contributed by atoms with Crippen LogP contribution in [0.5, 0.6) is 0 Å². The molecule has 138 valence electrons. The van der Waals surface area contributed by atoms with Gasteiger partial charge in [-0.1, -0.05) is 0 Å². The normalized spacial score (nSPS) is 23.3. The maximum absolute atomic E-state index is 13.2. The van der Waals surface area contributed by atoms with Crippen LogP contribution in [0.4, 0.5) is 13.2 Å². The van der Waals surface area contributed by atoms with Gasteiger partial charge in [0.1, 0.15) is 6.04 Å². The predicted octanol–water partition coefficient (Wildman–Crippen LogP) is -0.589. The molecule has 12 heteroatoms. The molecule has 0 saturated carbocycles. The Kier molecular flexibility index (Phi) is 7.98. The van der Waals surface area contributed by atoms with Gasteiger partial charge in [0.2, 0.25) is 0 Å². The highest BCUT2D eigenvalue weighted by molar-refractivity contribution is 7.87. The lowest BCUT2D eigenvalue weighted by Crippen LogP contribution is -2.58. The highest BCUT2D eigenvalue weighted by Gasteiger charge is 2.44. The van der Waals surface area contributed by atoms with E-state index >= 15 is 0 Å². The lowest BCUT2D eigenvalue weighted by atomic mass is 10.2. The number of halogens is 4. The first-order chi connectivity index (χ1) is 10.3. The van der Waals surface area contributed by atoms with Crippen LogP contribution < -0.4 is 10.0 Å². The Morgan fingerprint density at radius 3 is 2.22 bits per heavy atom. The standard InChI is InChI=1S/C11H21F3N4O3S.ClH/c12-11(13,14)10(17-3-1-15-2-4-17)9-16-22(19,20)18-5-7-21-8-6-18;/h10,15-16H,1-9H2;1H. The van der Waals surface area contributed by atoms with Crippen LogP contribution in [0.2, 0.25) is 0 Å². The van der Waals surface area contributed by atoms with Gasteiger partial charge in [-0.05, 0) is 0 Å². The van der Waals surface area contributed by atoms with E-state index in [0.717, 1.165) is 4.31 Å². The summed E-state index contributed by atoms with van der Waals surface area (Å²) in [6, 6.07) is -1.81. The van der Waals surface area contributed by atoms with Crippen LogP contribution in [0.3, 0.4) is 0 Å². The zero-order valence-electron chi connectivity index (χ0n) is 12.5. The van der Waals surface area contributed by atoms with E-state index in [0.29, 0.717) is 13.1 Å². The summed E-state index contributed by atoms with van der Waals surface area (Å²) in [6.45, 7) is 1.53. The van der Waals surface area contributed by atoms with Crippen LogP contribution in [0.15, 0.2) is 0 Å². The number of ether oxygens (including phenoxy) is 1. The zero-order chi connectivity index (χ0) is 16.2. The smallest absolute Gasteiger partial charge is 0.379 e. The summed E-state index contributed by atoms with van der Waals surface area (Å²) in [5.74, 6) is 0. The van der Waals surface area contributed by atoms with Gasteiger partial charge in [-0.15, -0.1) is 12.4 Å². The summed E-state index contributed by atoms with van der Waals surface area (Å²) in [4.78, 5) is 1.26.